The molecule has 2 saturated heterocycles. The highest BCUT2D eigenvalue weighted by Crippen LogP contribution is 2.33. The van der Waals surface area contributed by atoms with Gasteiger partial charge in [-0.25, -0.2) is 9.97 Å². The van der Waals surface area contributed by atoms with E-state index < -0.39 is 0 Å². The van der Waals surface area contributed by atoms with Crippen molar-refractivity contribution in [3.63, 3.8) is 0 Å². The highest BCUT2D eigenvalue weighted by atomic mass is 16.5. The third-order valence-electron chi connectivity index (χ3n) is 7.14. The van der Waals surface area contributed by atoms with Crippen LogP contribution in [0.5, 0.6) is 0 Å². The average Bonchev–Trinajstić information content (AvgIpc) is 3.19. The Balaban J connectivity index is 1.27. The van der Waals surface area contributed by atoms with Crippen LogP contribution in [0.3, 0.4) is 0 Å². The molecule has 1 aromatic rings. The molecule has 5 heterocycles. The zero-order chi connectivity index (χ0) is 21.3. The van der Waals surface area contributed by atoms with Gasteiger partial charge >= 0.3 is 0 Å². The van der Waals surface area contributed by atoms with Crippen LogP contribution in [0.4, 0.5) is 5.69 Å². The number of nitrogens with zero attached hydrogens (tertiary/aromatic N) is 6. The van der Waals surface area contributed by atoms with Crippen LogP contribution in [0.1, 0.15) is 32.6 Å². The molecule has 9 nitrogen and oxygen atoms in total. The Morgan fingerprint density at radius 3 is 2.77 bits per heavy atom. The summed E-state index contributed by atoms with van der Waals surface area (Å²) in [7, 11) is 0. The summed E-state index contributed by atoms with van der Waals surface area (Å²) in [5.41, 5.74) is 2.16. The molecule has 2 fully saturated rings. The fourth-order valence-corrected chi connectivity index (χ4v) is 5.68. The van der Waals surface area contributed by atoms with Crippen LogP contribution >= 0.6 is 0 Å². The van der Waals surface area contributed by atoms with Gasteiger partial charge in [-0.05, 0) is 32.2 Å². The Bertz CT molecular complexity index is 822. The Hall–Kier alpha value is -2.23. The molecule has 2 unspecified atom stereocenters. The summed E-state index contributed by atoms with van der Waals surface area (Å²) in [6.45, 7) is 7.81. The lowest BCUT2D eigenvalue weighted by atomic mass is 9.95. The maximum atomic E-state index is 14.1. The van der Waals surface area contributed by atoms with Crippen molar-refractivity contribution < 1.29 is 4.65 Å². The largest absolute Gasteiger partial charge is 0.632 e. The first-order chi connectivity index (χ1) is 15.1. The minimum atomic E-state index is -0.126. The van der Waals surface area contributed by atoms with Gasteiger partial charge in [-0.3, -0.25) is 10.3 Å². The van der Waals surface area contributed by atoms with Crippen molar-refractivity contribution in [1.82, 2.24) is 25.5 Å². The summed E-state index contributed by atoms with van der Waals surface area (Å²) >= 11 is 0. The van der Waals surface area contributed by atoms with E-state index in [-0.39, 0.29) is 10.9 Å². The van der Waals surface area contributed by atoms with Gasteiger partial charge in [0, 0.05) is 31.8 Å². The molecule has 4 aliphatic heterocycles. The maximum Gasteiger partial charge on any atom is 0.174 e. The molecule has 3 atom stereocenters. The van der Waals surface area contributed by atoms with E-state index >= 15 is 0 Å². The number of hydrogen-bond acceptors (Lipinski definition) is 8. The highest BCUT2D eigenvalue weighted by molar-refractivity contribution is 5.81. The summed E-state index contributed by atoms with van der Waals surface area (Å²) in [5, 5.41) is 21.0. The molecule has 1 aromatic heterocycles. The molecule has 5 rings (SSSR count). The highest BCUT2D eigenvalue weighted by Gasteiger charge is 2.40. The van der Waals surface area contributed by atoms with Gasteiger partial charge in [0.15, 0.2) is 6.29 Å². The predicted octanol–water partition coefficient (Wildman–Crippen LogP) is 1.26. The van der Waals surface area contributed by atoms with Crippen molar-refractivity contribution in [2.75, 3.05) is 50.7 Å². The average molecular weight is 427 g/mol. The lowest BCUT2D eigenvalue weighted by Crippen LogP contribution is -2.52. The number of aromatic nitrogens is 2. The van der Waals surface area contributed by atoms with E-state index in [1.54, 1.807) is 6.33 Å². The molecule has 2 N–H and O–H groups in total. The second kappa shape index (κ2) is 8.72. The van der Waals surface area contributed by atoms with Crippen molar-refractivity contribution in [3.05, 3.63) is 35.3 Å². The number of piperidine rings is 1. The van der Waals surface area contributed by atoms with Gasteiger partial charge in [0.1, 0.15) is 18.7 Å². The molecule has 0 aromatic carbocycles. The van der Waals surface area contributed by atoms with E-state index in [4.69, 9.17) is 0 Å². The van der Waals surface area contributed by atoms with Gasteiger partial charge in [0.05, 0.1) is 42.8 Å². The van der Waals surface area contributed by atoms with Crippen molar-refractivity contribution in [1.29, 1.82) is 0 Å². The Labute approximate surface area is 184 Å². The monoisotopic (exact) mass is 426 g/mol. The number of hydrogen-bond donors (Lipinski definition) is 2. The SMILES string of the molecule is CCN[C@H]1N=CC2=C(N1)N1CCCC1C[N+]([O-])(CC1CCN(c3cncnc3)CC1)C2. The Morgan fingerprint density at radius 2 is 2.00 bits per heavy atom. The summed E-state index contributed by atoms with van der Waals surface area (Å²) in [6, 6.07) is 0.327. The number of quaternary nitrogens is 1. The standard InChI is InChI=1S/C22H34N8O/c1-2-25-22-26-10-18-14-30(31,15-19-4-3-7-29(19)21(18)27-22)13-17-5-8-28(9-6-17)20-11-23-16-24-12-20/h10-12,16-17,19,22,25,27H,2-9,13-15H2,1H3/t19?,22-,30?/m0/s1. The van der Waals surface area contributed by atoms with Crippen LogP contribution in [-0.4, -0.2) is 83.9 Å². The summed E-state index contributed by atoms with van der Waals surface area (Å²) in [5.74, 6) is 1.59. The zero-order valence-corrected chi connectivity index (χ0v) is 18.4. The normalized spacial score (nSPS) is 31.3. The summed E-state index contributed by atoms with van der Waals surface area (Å²) in [4.78, 5) is 17.7. The number of aliphatic imine (C=N–C) groups is 1. The van der Waals surface area contributed by atoms with Crippen molar-refractivity contribution >= 4 is 11.9 Å². The van der Waals surface area contributed by atoms with Crippen molar-refractivity contribution in [3.8, 4) is 0 Å². The van der Waals surface area contributed by atoms with Crippen LogP contribution in [0, 0.1) is 11.1 Å². The number of rotatable bonds is 5. The molecular formula is C22H34N8O. The molecule has 9 heteroatoms. The first-order valence-electron chi connectivity index (χ1n) is 11.7. The second-order valence-electron chi connectivity index (χ2n) is 9.35. The fraction of sp³-hybridized carbons (Fsp3) is 0.682. The Morgan fingerprint density at radius 1 is 1.19 bits per heavy atom. The van der Waals surface area contributed by atoms with Crippen molar-refractivity contribution in [2.24, 2.45) is 10.9 Å². The predicted molar refractivity (Wildman–Crippen MR) is 121 cm³/mol. The quantitative estimate of drug-likeness (QED) is 0.541. The second-order valence-corrected chi connectivity index (χ2v) is 9.35. The lowest BCUT2D eigenvalue weighted by Gasteiger charge is -2.47. The lowest BCUT2D eigenvalue weighted by molar-refractivity contribution is -0.880. The molecule has 31 heavy (non-hydrogen) atoms. The van der Waals surface area contributed by atoms with Gasteiger partial charge in [-0.2, -0.15) is 0 Å². The Kier molecular flexibility index (Phi) is 5.81. The number of hydroxylamine groups is 3. The molecule has 0 amide bonds. The molecule has 4 aliphatic rings. The molecule has 0 saturated carbocycles. The number of anilines is 1. The van der Waals surface area contributed by atoms with Gasteiger partial charge in [0.25, 0.3) is 0 Å². The smallest absolute Gasteiger partial charge is 0.174 e. The van der Waals surface area contributed by atoms with Gasteiger partial charge in [-0.1, -0.05) is 6.92 Å². The molecule has 0 aliphatic carbocycles. The van der Waals surface area contributed by atoms with Crippen LogP contribution in [0.15, 0.2) is 35.1 Å². The molecule has 168 valence electrons. The van der Waals surface area contributed by atoms with Crippen LogP contribution < -0.4 is 15.5 Å². The van der Waals surface area contributed by atoms with E-state index in [9.17, 15) is 5.21 Å². The minimum absolute atomic E-state index is 0.0945. The van der Waals surface area contributed by atoms with E-state index in [2.05, 4.69) is 42.3 Å². The number of nitrogens with one attached hydrogen (secondary N) is 2. The fourth-order valence-electron chi connectivity index (χ4n) is 5.68. The molecule has 0 spiro atoms. The zero-order valence-electron chi connectivity index (χ0n) is 18.4. The first kappa shape index (κ1) is 20.7. The third kappa shape index (κ3) is 4.40. The summed E-state index contributed by atoms with van der Waals surface area (Å²) < 4.78 is -0.126. The maximum absolute atomic E-state index is 14.1. The van der Waals surface area contributed by atoms with Crippen LogP contribution in [0.2, 0.25) is 0 Å². The van der Waals surface area contributed by atoms with E-state index in [1.807, 2.05) is 18.6 Å². The first-order valence-corrected chi connectivity index (χ1v) is 11.7. The molecular weight excluding hydrogens is 392 g/mol. The van der Waals surface area contributed by atoms with Gasteiger partial charge in [-0.15, -0.1) is 0 Å². The van der Waals surface area contributed by atoms with Gasteiger partial charge < -0.3 is 25.0 Å². The number of fused-ring (bicyclic) bond motifs is 2. The topological polar surface area (TPSA) is 91.7 Å². The third-order valence-corrected chi connectivity index (χ3v) is 7.14. The van der Waals surface area contributed by atoms with Gasteiger partial charge in [0.2, 0.25) is 0 Å². The van der Waals surface area contributed by atoms with Crippen molar-refractivity contribution in [2.45, 2.75) is 44.9 Å². The van der Waals surface area contributed by atoms with Crippen LogP contribution in [0.25, 0.3) is 0 Å². The minimum Gasteiger partial charge on any atom is -0.632 e. The van der Waals surface area contributed by atoms with E-state index in [0.717, 1.165) is 68.9 Å². The molecule has 0 radical (unpaired) electrons. The molecule has 0 bridgehead atoms. The van der Waals surface area contributed by atoms with E-state index in [1.165, 1.54) is 0 Å². The van der Waals surface area contributed by atoms with Crippen LogP contribution in [-0.2, 0) is 0 Å². The summed E-state index contributed by atoms with van der Waals surface area (Å²) in [6.07, 6.45) is 11.5. The van der Waals surface area contributed by atoms with E-state index in [0.29, 0.717) is 31.6 Å².